The number of rotatable bonds is 10. The summed E-state index contributed by atoms with van der Waals surface area (Å²) in [6, 6.07) is 0. The first-order valence-electron chi connectivity index (χ1n) is 7.71. The molecule has 10 nitrogen and oxygen atoms in total. The second-order valence-corrected chi connectivity index (χ2v) is 5.66. The first-order chi connectivity index (χ1) is 11.7. The summed E-state index contributed by atoms with van der Waals surface area (Å²) in [5.41, 5.74) is -1.41. The van der Waals surface area contributed by atoms with E-state index in [1.165, 1.54) is 0 Å². The highest BCUT2D eigenvalue weighted by Crippen LogP contribution is 2.31. The van der Waals surface area contributed by atoms with Gasteiger partial charge in [-0.15, -0.1) is 0 Å². The maximum absolute atomic E-state index is 11.4. The zero-order valence-electron chi connectivity index (χ0n) is 13.6. The van der Waals surface area contributed by atoms with Crippen LogP contribution >= 0.6 is 0 Å². The maximum Gasteiger partial charge on any atom is 0.352 e. The van der Waals surface area contributed by atoms with Crippen molar-refractivity contribution >= 4 is 11.9 Å². The van der Waals surface area contributed by atoms with E-state index in [0.29, 0.717) is 12.8 Å². The van der Waals surface area contributed by atoms with Crippen LogP contribution in [0.5, 0.6) is 0 Å². The van der Waals surface area contributed by atoms with Crippen LogP contribution in [0.2, 0.25) is 0 Å². The van der Waals surface area contributed by atoms with Crippen molar-refractivity contribution in [1.82, 2.24) is 4.98 Å². The number of aliphatic hydroxyl groups excluding tert-OH is 5. The number of aliphatic hydroxyl groups is 5. The lowest BCUT2D eigenvalue weighted by Crippen LogP contribution is -2.43. The zero-order valence-corrected chi connectivity index (χ0v) is 13.6. The minimum absolute atomic E-state index is 0.00369. The molecule has 25 heavy (non-hydrogen) atoms. The van der Waals surface area contributed by atoms with Gasteiger partial charge in [0.25, 0.3) is 0 Å². The number of hydrogen-bond acceptors (Lipinski definition) is 7. The Morgan fingerprint density at radius 1 is 1.00 bits per heavy atom. The first-order valence-corrected chi connectivity index (χ1v) is 7.71. The van der Waals surface area contributed by atoms with Crippen LogP contribution in [0.3, 0.4) is 0 Å². The number of unbranched alkanes of at least 4 members (excludes halogenated alkanes) is 1. The molecular weight excluding hydrogens is 338 g/mol. The largest absolute Gasteiger partial charge is 0.477 e. The SMILES string of the molecule is CCCCc1c(C(=O)O)[nH]c(C(=O)O)c1[C@@H](O)[C@H](O)[C@H](O)[C@H](O)CO. The molecule has 0 aliphatic heterocycles. The average molecular weight is 361 g/mol. The predicted octanol–water partition coefficient (Wildman–Crippen LogP) is -1.14. The number of carbonyl (C=O) groups is 2. The quantitative estimate of drug-likeness (QED) is 0.254. The first kappa shape index (κ1) is 21.1. The molecule has 1 rings (SSSR count). The highest BCUT2D eigenvalue weighted by atomic mass is 16.4. The van der Waals surface area contributed by atoms with Gasteiger partial charge in [0.2, 0.25) is 0 Å². The summed E-state index contributed by atoms with van der Waals surface area (Å²) in [4.78, 5) is 25.0. The highest BCUT2D eigenvalue weighted by Gasteiger charge is 2.37. The topological polar surface area (TPSA) is 192 Å². The van der Waals surface area contributed by atoms with E-state index < -0.39 is 54.3 Å². The van der Waals surface area contributed by atoms with E-state index in [2.05, 4.69) is 4.98 Å². The summed E-state index contributed by atoms with van der Waals surface area (Å²) in [5, 5.41) is 66.8. The molecule has 0 amide bonds. The minimum Gasteiger partial charge on any atom is -0.477 e. The smallest absolute Gasteiger partial charge is 0.352 e. The molecule has 142 valence electrons. The molecule has 10 heteroatoms. The van der Waals surface area contributed by atoms with Gasteiger partial charge >= 0.3 is 11.9 Å². The lowest BCUT2D eigenvalue weighted by atomic mass is 9.92. The van der Waals surface area contributed by atoms with Crippen molar-refractivity contribution in [3.63, 3.8) is 0 Å². The monoisotopic (exact) mass is 361 g/mol. The number of H-pyrrole nitrogens is 1. The average Bonchev–Trinajstić information content (AvgIpc) is 2.96. The van der Waals surface area contributed by atoms with Crippen molar-refractivity contribution in [2.45, 2.75) is 50.6 Å². The maximum atomic E-state index is 11.4. The zero-order chi connectivity index (χ0) is 19.3. The Morgan fingerprint density at radius 3 is 2.00 bits per heavy atom. The third kappa shape index (κ3) is 4.55. The van der Waals surface area contributed by atoms with Gasteiger partial charge in [-0.1, -0.05) is 13.3 Å². The van der Waals surface area contributed by atoms with Crippen molar-refractivity contribution in [3.05, 3.63) is 22.5 Å². The summed E-state index contributed by atoms with van der Waals surface area (Å²) in [6.45, 7) is 0.935. The fourth-order valence-electron chi connectivity index (χ4n) is 2.54. The molecule has 8 N–H and O–H groups in total. The third-order valence-electron chi connectivity index (χ3n) is 3.90. The predicted molar refractivity (Wildman–Crippen MR) is 83.4 cm³/mol. The molecule has 1 heterocycles. The summed E-state index contributed by atoms with van der Waals surface area (Å²) >= 11 is 0. The molecule has 1 aromatic heterocycles. The second kappa shape index (κ2) is 8.92. The summed E-state index contributed by atoms with van der Waals surface area (Å²) < 4.78 is 0. The number of aromatic nitrogens is 1. The van der Waals surface area contributed by atoms with Crippen molar-refractivity contribution in [2.24, 2.45) is 0 Å². The van der Waals surface area contributed by atoms with Crippen molar-refractivity contribution in [2.75, 3.05) is 6.61 Å². The Labute approximate surface area is 143 Å². The van der Waals surface area contributed by atoms with Gasteiger partial charge in [0.05, 0.1) is 6.61 Å². The van der Waals surface area contributed by atoms with E-state index in [-0.39, 0.29) is 17.5 Å². The molecule has 0 unspecified atom stereocenters. The van der Waals surface area contributed by atoms with E-state index in [1.54, 1.807) is 0 Å². The second-order valence-electron chi connectivity index (χ2n) is 5.66. The van der Waals surface area contributed by atoms with Crippen molar-refractivity contribution in [1.29, 1.82) is 0 Å². The molecule has 4 atom stereocenters. The molecular formula is C15H23NO9. The Kier molecular flexibility index (Phi) is 7.52. The van der Waals surface area contributed by atoms with Crippen LogP contribution < -0.4 is 0 Å². The molecule has 0 bridgehead atoms. The van der Waals surface area contributed by atoms with E-state index in [0.717, 1.165) is 0 Å². The molecule has 0 saturated carbocycles. The Balaban J connectivity index is 3.43. The normalized spacial score (nSPS) is 16.2. The van der Waals surface area contributed by atoms with Crippen LogP contribution in [-0.2, 0) is 6.42 Å². The molecule has 0 spiro atoms. The van der Waals surface area contributed by atoms with E-state index in [1.807, 2.05) is 6.92 Å². The summed E-state index contributed by atoms with van der Waals surface area (Å²) in [7, 11) is 0. The molecule has 0 fully saturated rings. The Bertz CT molecular complexity index is 612. The van der Waals surface area contributed by atoms with Gasteiger partial charge in [0.1, 0.15) is 35.8 Å². The Morgan fingerprint density at radius 2 is 1.56 bits per heavy atom. The van der Waals surface area contributed by atoms with E-state index >= 15 is 0 Å². The van der Waals surface area contributed by atoms with Crippen LogP contribution in [-0.4, -0.2) is 77.6 Å². The van der Waals surface area contributed by atoms with Gasteiger partial charge in [-0.05, 0) is 18.4 Å². The molecule has 0 aliphatic carbocycles. The van der Waals surface area contributed by atoms with E-state index in [4.69, 9.17) is 5.11 Å². The number of aromatic amines is 1. The van der Waals surface area contributed by atoms with Crippen LogP contribution in [0, 0.1) is 0 Å². The fourth-order valence-corrected chi connectivity index (χ4v) is 2.54. The fraction of sp³-hybridized carbons (Fsp3) is 0.600. The van der Waals surface area contributed by atoms with Crippen LogP contribution in [0.4, 0.5) is 0 Å². The van der Waals surface area contributed by atoms with Gasteiger partial charge in [-0.25, -0.2) is 9.59 Å². The van der Waals surface area contributed by atoms with Crippen LogP contribution in [0.25, 0.3) is 0 Å². The molecule has 1 aromatic rings. The van der Waals surface area contributed by atoms with Gasteiger partial charge in [0.15, 0.2) is 0 Å². The Hall–Kier alpha value is -1.98. The molecule has 0 aromatic carbocycles. The number of aromatic carboxylic acids is 2. The lowest BCUT2D eigenvalue weighted by Gasteiger charge is -2.26. The van der Waals surface area contributed by atoms with Gasteiger partial charge in [-0.2, -0.15) is 0 Å². The highest BCUT2D eigenvalue weighted by molar-refractivity contribution is 5.94. The van der Waals surface area contributed by atoms with Crippen molar-refractivity contribution in [3.8, 4) is 0 Å². The molecule has 0 radical (unpaired) electrons. The van der Waals surface area contributed by atoms with Gasteiger partial charge < -0.3 is 40.7 Å². The van der Waals surface area contributed by atoms with E-state index in [9.17, 15) is 40.2 Å². The number of hydrogen-bond donors (Lipinski definition) is 8. The standard InChI is InChI=1S/C15H23NO9/c1-2-3-4-6-8(10(15(24)25)16-9(6)14(22)23)12(20)13(21)11(19)7(18)5-17/h7,11-13,16-21H,2-5H2,1H3,(H,22,23)(H,24,25)/t7-,11-,12-,13-/m1/s1. The van der Waals surface area contributed by atoms with Crippen LogP contribution in [0.1, 0.15) is 58.0 Å². The minimum atomic E-state index is -2.04. The summed E-state index contributed by atoms with van der Waals surface area (Å²) in [5.74, 6) is -2.99. The van der Waals surface area contributed by atoms with Crippen molar-refractivity contribution < 1.29 is 45.3 Å². The number of carboxylic acids is 2. The van der Waals surface area contributed by atoms with Gasteiger partial charge in [-0.3, -0.25) is 0 Å². The summed E-state index contributed by atoms with van der Waals surface area (Å²) in [6.07, 6.45) is -6.49. The van der Waals surface area contributed by atoms with Crippen LogP contribution in [0.15, 0.2) is 0 Å². The number of nitrogens with one attached hydrogen (secondary N) is 1. The lowest BCUT2D eigenvalue weighted by molar-refractivity contribution is -0.116. The molecule has 0 aliphatic rings. The van der Waals surface area contributed by atoms with Gasteiger partial charge in [0, 0.05) is 5.56 Å². The number of carboxylic acid groups (broad SMARTS) is 2. The third-order valence-corrected chi connectivity index (χ3v) is 3.90. The molecule has 0 saturated heterocycles.